The summed E-state index contributed by atoms with van der Waals surface area (Å²) >= 11 is 0. The summed E-state index contributed by atoms with van der Waals surface area (Å²) in [5.74, 6) is 0.0196. The molecule has 1 N–H and O–H groups in total. The van der Waals surface area contributed by atoms with Gasteiger partial charge < -0.3 is 10.1 Å². The normalized spacial score (nSPS) is 11.7. The second-order valence-electron chi connectivity index (χ2n) is 7.42. The van der Waals surface area contributed by atoms with Crippen LogP contribution in [0.2, 0.25) is 0 Å². The number of pyridine rings is 1. The number of aromatic nitrogens is 3. The minimum Gasteiger partial charge on any atom is -0.488 e. The summed E-state index contributed by atoms with van der Waals surface area (Å²) < 4.78 is 21.3. The molecule has 2 aromatic carbocycles. The van der Waals surface area contributed by atoms with Crippen LogP contribution in [0.5, 0.6) is 5.75 Å². The van der Waals surface area contributed by atoms with E-state index < -0.39 is 11.9 Å². The number of carbonyl (C=O) groups excluding carboxylic acids is 1. The van der Waals surface area contributed by atoms with Crippen LogP contribution in [-0.2, 0) is 0 Å². The topological polar surface area (TPSA) is 69.0 Å². The summed E-state index contributed by atoms with van der Waals surface area (Å²) in [6, 6.07) is 20.6. The highest BCUT2D eigenvalue weighted by atomic mass is 19.1. The number of para-hydroxylation sites is 1. The van der Waals surface area contributed by atoms with Gasteiger partial charge in [-0.15, -0.1) is 0 Å². The molecule has 0 aliphatic heterocycles. The van der Waals surface area contributed by atoms with Crippen molar-refractivity contribution in [3.8, 4) is 11.6 Å². The first-order valence-corrected chi connectivity index (χ1v) is 10.2. The third-order valence-corrected chi connectivity index (χ3v) is 4.99. The second kappa shape index (κ2) is 9.43. The van der Waals surface area contributed by atoms with Gasteiger partial charge in [0.05, 0.1) is 17.3 Å². The van der Waals surface area contributed by atoms with Crippen LogP contribution >= 0.6 is 0 Å². The van der Waals surface area contributed by atoms with Gasteiger partial charge in [0.25, 0.3) is 5.91 Å². The number of nitrogens with one attached hydrogen (secondary N) is 1. The molecule has 4 aromatic rings. The van der Waals surface area contributed by atoms with E-state index in [1.165, 1.54) is 12.3 Å². The molecular weight excluding hydrogens is 407 g/mol. The van der Waals surface area contributed by atoms with Gasteiger partial charge in [-0.1, -0.05) is 42.5 Å². The molecule has 6 nitrogen and oxygen atoms in total. The average molecular weight is 430 g/mol. The summed E-state index contributed by atoms with van der Waals surface area (Å²) in [4.78, 5) is 17.3. The molecular formula is C25H23FN4O2. The number of aryl methyl sites for hydroxylation is 2. The second-order valence-corrected chi connectivity index (χ2v) is 7.42. The number of carbonyl (C=O) groups is 1. The van der Waals surface area contributed by atoms with Gasteiger partial charge in [0.2, 0.25) is 0 Å². The number of nitrogens with zero attached hydrogens (tertiary/aromatic N) is 3. The van der Waals surface area contributed by atoms with E-state index in [2.05, 4.69) is 15.4 Å². The quantitative estimate of drug-likeness (QED) is 0.466. The van der Waals surface area contributed by atoms with E-state index in [1.54, 1.807) is 35.0 Å². The van der Waals surface area contributed by atoms with E-state index in [0.717, 1.165) is 17.0 Å². The minimum absolute atomic E-state index is 0.0773. The SMILES string of the molecule is Cc1cc(C)n(-c2ccc(C(=O)NC(COc3ccccc3F)c3ccccc3)cn2)n1. The van der Waals surface area contributed by atoms with Crippen molar-refractivity contribution in [1.82, 2.24) is 20.1 Å². The van der Waals surface area contributed by atoms with Crippen LogP contribution in [-0.4, -0.2) is 27.3 Å². The van der Waals surface area contributed by atoms with Gasteiger partial charge >= 0.3 is 0 Å². The molecule has 1 atom stereocenters. The number of ether oxygens (including phenoxy) is 1. The lowest BCUT2D eigenvalue weighted by molar-refractivity contribution is 0.0920. The highest BCUT2D eigenvalue weighted by Crippen LogP contribution is 2.20. The van der Waals surface area contributed by atoms with Crippen LogP contribution < -0.4 is 10.1 Å². The van der Waals surface area contributed by atoms with E-state index in [1.807, 2.05) is 50.2 Å². The van der Waals surface area contributed by atoms with Crippen molar-refractivity contribution in [1.29, 1.82) is 0 Å². The van der Waals surface area contributed by atoms with Crippen molar-refractivity contribution in [3.05, 3.63) is 107 Å². The molecule has 1 unspecified atom stereocenters. The van der Waals surface area contributed by atoms with Gasteiger partial charge in [0.15, 0.2) is 17.4 Å². The molecule has 0 saturated carbocycles. The highest BCUT2D eigenvalue weighted by molar-refractivity contribution is 5.94. The predicted octanol–water partition coefficient (Wildman–Crippen LogP) is 4.57. The van der Waals surface area contributed by atoms with Gasteiger partial charge in [-0.25, -0.2) is 14.1 Å². The Morgan fingerprint density at radius 1 is 1.06 bits per heavy atom. The number of hydrogen-bond acceptors (Lipinski definition) is 4. The molecule has 32 heavy (non-hydrogen) atoms. The van der Waals surface area contributed by atoms with Gasteiger partial charge in [-0.2, -0.15) is 5.10 Å². The third-order valence-electron chi connectivity index (χ3n) is 4.99. The first kappa shape index (κ1) is 21.2. The largest absolute Gasteiger partial charge is 0.488 e. The molecule has 0 aliphatic rings. The van der Waals surface area contributed by atoms with Gasteiger partial charge in [-0.05, 0) is 49.7 Å². The zero-order valence-corrected chi connectivity index (χ0v) is 17.8. The van der Waals surface area contributed by atoms with Crippen LogP contribution in [0, 0.1) is 19.7 Å². The van der Waals surface area contributed by atoms with Gasteiger partial charge in [-0.3, -0.25) is 4.79 Å². The predicted molar refractivity (Wildman–Crippen MR) is 119 cm³/mol. The van der Waals surface area contributed by atoms with Crippen LogP contribution in [0.4, 0.5) is 4.39 Å². The molecule has 0 bridgehead atoms. The van der Waals surface area contributed by atoms with Crippen LogP contribution in [0.15, 0.2) is 79.0 Å². The molecule has 2 heterocycles. The summed E-state index contributed by atoms with van der Waals surface area (Å²) in [5, 5.41) is 7.37. The Bertz CT molecular complexity index is 1210. The van der Waals surface area contributed by atoms with E-state index in [-0.39, 0.29) is 18.3 Å². The maximum atomic E-state index is 13.9. The van der Waals surface area contributed by atoms with E-state index >= 15 is 0 Å². The Kier molecular flexibility index (Phi) is 6.26. The Morgan fingerprint density at radius 3 is 2.47 bits per heavy atom. The molecule has 4 rings (SSSR count). The van der Waals surface area contributed by atoms with Gasteiger partial charge in [0, 0.05) is 11.9 Å². The van der Waals surface area contributed by atoms with Crippen molar-refractivity contribution in [2.75, 3.05) is 6.61 Å². The van der Waals surface area contributed by atoms with E-state index in [4.69, 9.17) is 4.74 Å². The van der Waals surface area contributed by atoms with Crippen molar-refractivity contribution in [2.24, 2.45) is 0 Å². The summed E-state index contributed by atoms with van der Waals surface area (Å²) in [6.07, 6.45) is 1.51. The maximum Gasteiger partial charge on any atom is 0.253 e. The first-order valence-electron chi connectivity index (χ1n) is 10.2. The lowest BCUT2D eigenvalue weighted by Gasteiger charge is -2.20. The number of halogens is 1. The van der Waals surface area contributed by atoms with E-state index in [9.17, 15) is 9.18 Å². The average Bonchev–Trinajstić information content (AvgIpc) is 3.16. The van der Waals surface area contributed by atoms with Crippen molar-refractivity contribution < 1.29 is 13.9 Å². The Labute approximate surface area is 185 Å². The molecule has 1 amide bonds. The third kappa shape index (κ3) is 4.83. The number of rotatable bonds is 7. The molecule has 0 saturated heterocycles. The molecule has 7 heteroatoms. The molecule has 0 radical (unpaired) electrons. The highest BCUT2D eigenvalue weighted by Gasteiger charge is 2.18. The maximum absolute atomic E-state index is 13.9. The molecule has 0 aliphatic carbocycles. The number of benzene rings is 2. The number of hydrogen-bond donors (Lipinski definition) is 1. The standard InChI is InChI=1S/C25H23FN4O2/c1-17-14-18(2)30(29-17)24-13-12-20(15-27-24)25(31)28-22(19-8-4-3-5-9-19)16-32-23-11-7-6-10-21(23)26/h3-15,22H,16H2,1-2H3,(H,28,31). The molecule has 162 valence electrons. The zero-order chi connectivity index (χ0) is 22.5. The van der Waals surface area contributed by atoms with Crippen molar-refractivity contribution >= 4 is 5.91 Å². The summed E-state index contributed by atoms with van der Waals surface area (Å²) in [6.45, 7) is 3.94. The minimum atomic E-state index is -0.473. The lowest BCUT2D eigenvalue weighted by atomic mass is 10.1. The van der Waals surface area contributed by atoms with Crippen LogP contribution in [0.25, 0.3) is 5.82 Å². The zero-order valence-electron chi connectivity index (χ0n) is 17.8. The fourth-order valence-electron chi connectivity index (χ4n) is 3.39. The van der Waals surface area contributed by atoms with Crippen LogP contribution in [0.1, 0.15) is 33.4 Å². The van der Waals surface area contributed by atoms with Crippen LogP contribution in [0.3, 0.4) is 0 Å². The van der Waals surface area contributed by atoms with Crippen molar-refractivity contribution in [3.63, 3.8) is 0 Å². The fraction of sp³-hybridized carbons (Fsp3) is 0.160. The smallest absolute Gasteiger partial charge is 0.253 e. The number of amides is 1. The molecule has 0 spiro atoms. The Morgan fingerprint density at radius 2 is 1.81 bits per heavy atom. The van der Waals surface area contributed by atoms with Gasteiger partial charge in [0.1, 0.15) is 6.61 Å². The molecule has 2 aromatic heterocycles. The Hall–Kier alpha value is -4.00. The van der Waals surface area contributed by atoms with Crippen molar-refractivity contribution in [2.45, 2.75) is 19.9 Å². The van der Waals surface area contributed by atoms with E-state index in [0.29, 0.717) is 11.4 Å². The fourth-order valence-corrected chi connectivity index (χ4v) is 3.39. The summed E-state index contributed by atoms with van der Waals surface area (Å²) in [5.41, 5.74) is 3.11. The Balaban J connectivity index is 1.50. The molecule has 0 fully saturated rings. The lowest BCUT2D eigenvalue weighted by Crippen LogP contribution is -2.32. The first-order chi connectivity index (χ1) is 15.5. The monoisotopic (exact) mass is 430 g/mol. The summed E-state index contributed by atoms with van der Waals surface area (Å²) in [7, 11) is 0.